The molecule has 0 aliphatic carbocycles. The zero-order chi connectivity index (χ0) is 50.4. The summed E-state index contributed by atoms with van der Waals surface area (Å²) in [6.45, 7) is 7.58. The molecule has 0 saturated carbocycles. The molecule has 0 saturated heterocycles. The Morgan fingerprint density at radius 2 is 1.07 bits per heavy atom. The standard InChI is InChI=1S/C44H66N12O11/c1-23(2)35(42(66)50-22-33(46)58)56-43(67)36(24(3)4)55-39(63)30(17-18-34(59)60)52-41(65)32(20-26-10-7-6-8-11-26)53-37(61)25(5)51-40(64)31(21-27-13-15-28(57)16-14-27)54-38(62)29(45)12-9-19-49-44(47)48/h6-8,10-11,13-16,23-25,29-32,35-36,57H,9,12,17-22,45H2,1-5H3,(H2,46,58)(H,50,66)(H,51,64)(H,52,65)(H,53,61)(H,54,62)(H,55,63)(H,56,67)(H,59,60)(H4,47,48,49)/t25-,29+,30+,31+,32+,35+,36+/m1/s1. The maximum atomic E-state index is 14.1. The Morgan fingerprint density at radius 1 is 0.582 bits per heavy atom. The number of rotatable bonds is 28. The maximum Gasteiger partial charge on any atom is 0.303 e. The summed E-state index contributed by atoms with van der Waals surface area (Å²) in [6.07, 6.45) is -0.690. The van der Waals surface area contributed by atoms with Crippen molar-refractivity contribution in [3.8, 4) is 5.75 Å². The van der Waals surface area contributed by atoms with Gasteiger partial charge in [0.2, 0.25) is 47.3 Å². The number of carboxylic acid groups (broad SMARTS) is 1. The molecule has 2 aromatic rings. The summed E-state index contributed by atoms with van der Waals surface area (Å²) in [5.74, 6) is -8.96. The summed E-state index contributed by atoms with van der Waals surface area (Å²) < 4.78 is 0. The van der Waals surface area contributed by atoms with Gasteiger partial charge in [-0.2, -0.15) is 0 Å². The number of carboxylic acids is 1. The summed E-state index contributed by atoms with van der Waals surface area (Å²) in [5, 5.41) is 37.0. The number of amides is 8. The Bertz CT molecular complexity index is 2050. The van der Waals surface area contributed by atoms with Crippen LogP contribution < -0.4 is 60.2 Å². The number of hydrogen-bond donors (Lipinski definition) is 13. The molecule has 0 fully saturated rings. The fourth-order valence-electron chi connectivity index (χ4n) is 6.40. The van der Waals surface area contributed by atoms with Crippen LogP contribution in [0.5, 0.6) is 5.75 Å². The highest BCUT2D eigenvalue weighted by Crippen LogP contribution is 2.13. The van der Waals surface area contributed by atoms with Gasteiger partial charge in [-0.05, 0) is 61.3 Å². The van der Waals surface area contributed by atoms with Crippen LogP contribution in [0.25, 0.3) is 0 Å². The van der Waals surface area contributed by atoms with Gasteiger partial charge in [0.25, 0.3) is 0 Å². The molecule has 0 heterocycles. The number of nitrogens with two attached hydrogens (primary N) is 4. The molecule has 0 aliphatic heterocycles. The molecule has 0 radical (unpaired) electrons. The van der Waals surface area contributed by atoms with Crippen molar-refractivity contribution in [2.75, 3.05) is 13.1 Å². The van der Waals surface area contributed by atoms with E-state index in [0.717, 1.165) is 0 Å². The van der Waals surface area contributed by atoms with Gasteiger partial charge in [0, 0.05) is 25.8 Å². The number of phenolic OH excluding ortho intramolecular Hbond substituents is 1. The summed E-state index contributed by atoms with van der Waals surface area (Å²) in [6, 6.07) is 5.32. The minimum Gasteiger partial charge on any atom is -0.508 e. The van der Waals surface area contributed by atoms with Crippen LogP contribution in [0.4, 0.5) is 0 Å². The van der Waals surface area contributed by atoms with Crippen LogP contribution in [0.3, 0.4) is 0 Å². The topological polar surface area (TPSA) is 395 Å². The first-order valence-corrected chi connectivity index (χ1v) is 21.7. The van der Waals surface area contributed by atoms with Gasteiger partial charge in [0.15, 0.2) is 5.96 Å². The van der Waals surface area contributed by atoms with Gasteiger partial charge in [-0.25, -0.2) is 0 Å². The molecule has 0 aliphatic rings. The maximum absolute atomic E-state index is 14.1. The van der Waals surface area contributed by atoms with Crippen LogP contribution in [0.1, 0.15) is 71.4 Å². The minimum atomic E-state index is -1.55. The van der Waals surface area contributed by atoms with E-state index in [0.29, 0.717) is 17.5 Å². The third-order valence-electron chi connectivity index (χ3n) is 10.2. The Morgan fingerprint density at radius 3 is 1.61 bits per heavy atom. The van der Waals surface area contributed by atoms with E-state index in [1.807, 2.05) is 0 Å². The van der Waals surface area contributed by atoms with Crippen molar-refractivity contribution in [1.29, 1.82) is 0 Å². The lowest BCUT2D eigenvalue weighted by molar-refractivity contribution is -0.139. The number of nitrogens with zero attached hydrogens (tertiary/aromatic N) is 1. The molecule has 17 N–H and O–H groups in total. The van der Waals surface area contributed by atoms with Crippen molar-refractivity contribution in [3.05, 3.63) is 65.7 Å². The fourth-order valence-corrected chi connectivity index (χ4v) is 6.40. The molecule has 0 spiro atoms. The quantitative estimate of drug-likeness (QED) is 0.0234. The predicted octanol–water partition coefficient (Wildman–Crippen LogP) is -2.73. The van der Waals surface area contributed by atoms with E-state index in [-0.39, 0.29) is 37.5 Å². The van der Waals surface area contributed by atoms with Crippen molar-refractivity contribution in [1.82, 2.24) is 37.2 Å². The number of aliphatic carboxylic acids is 1. The highest BCUT2D eigenvalue weighted by atomic mass is 16.4. The highest BCUT2D eigenvalue weighted by molar-refractivity contribution is 5.98. The van der Waals surface area contributed by atoms with Crippen LogP contribution in [0.15, 0.2) is 59.6 Å². The number of phenols is 1. The van der Waals surface area contributed by atoms with Crippen molar-refractivity contribution in [3.63, 3.8) is 0 Å². The van der Waals surface area contributed by atoms with Crippen molar-refractivity contribution < 1.29 is 53.4 Å². The second-order valence-corrected chi connectivity index (χ2v) is 16.6. The van der Waals surface area contributed by atoms with Gasteiger partial charge in [-0.1, -0.05) is 70.2 Å². The Hall–Kier alpha value is -7.30. The van der Waals surface area contributed by atoms with Gasteiger partial charge >= 0.3 is 5.97 Å². The first kappa shape index (κ1) is 55.8. The van der Waals surface area contributed by atoms with Crippen LogP contribution in [-0.4, -0.2) is 125 Å². The number of nitrogens with one attached hydrogen (secondary N) is 7. The molecule has 0 bridgehead atoms. The first-order chi connectivity index (χ1) is 31.5. The van der Waals surface area contributed by atoms with Crippen molar-refractivity contribution in [2.45, 2.75) is 115 Å². The number of aliphatic imine (C=N–C) groups is 1. The first-order valence-electron chi connectivity index (χ1n) is 21.7. The number of carbonyl (C=O) groups is 9. The van der Waals surface area contributed by atoms with Crippen molar-refractivity contribution >= 4 is 59.2 Å². The normalized spacial score (nSPS) is 14.1. The summed E-state index contributed by atoms with van der Waals surface area (Å²) in [4.78, 5) is 122. The number of aromatic hydroxyl groups is 1. The molecule has 0 unspecified atom stereocenters. The van der Waals surface area contributed by atoms with Gasteiger partial charge in [-0.3, -0.25) is 48.1 Å². The fraction of sp³-hybridized carbons (Fsp3) is 0.500. The van der Waals surface area contributed by atoms with Crippen molar-refractivity contribution in [2.24, 2.45) is 39.8 Å². The monoisotopic (exact) mass is 938 g/mol. The lowest BCUT2D eigenvalue weighted by atomic mass is 9.99. The molecule has 67 heavy (non-hydrogen) atoms. The zero-order valence-electron chi connectivity index (χ0n) is 38.4. The zero-order valence-corrected chi connectivity index (χ0v) is 38.4. The van der Waals surface area contributed by atoms with E-state index in [4.69, 9.17) is 22.9 Å². The number of guanidine groups is 1. The van der Waals surface area contributed by atoms with Crippen LogP contribution >= 0.6 is 0 Å². The Balaban J connectivity index is 2.35. The summed E-state index contributed by atoms with van der Waals surface area (Å²) >= 11 is 0. The average molecular weight is 939 g/mol. The number of benzene rings is 2. The van der Waals surface area contributed by atoms with Crippen LogP contribution in [0, 0.1) is 11.8 Å². The van der Waals surface area contributed by atoms with E-state index < -0.39 is 127 Å². The van der Waals surface area contributed by atoms with Crippen LogP contribution in [0.2, 0.25) is 0 Å². The molecule has 2 rings (SSSR count). The molecule has 8 amide bonds. The molecule has 0 aromatic heterocycles. The molecular weight excluding hydrogens is 873 g/mol. The number of hydrogen-bond acceptors (Lipinski definition) is 12. The van der Waals surface area contributed by atoms with Crippen LogP contribution in [-0.2, 0) is 56.0 Å². The summed E-state index contributed by atoms with van der Waals surface area (Å²) in [7, 11) is 0. The Kier molecular flexibility index (Phi) is 23.2. The average Bonchev–Trinajstić information content (AvgIpc) is 3.26. The SMILES string of the molecule is CC(C)[C@H](NC(=O)[C@H](CCC(=O)O)NC(=O)[C@H](Cc1ccccc1)NC(=O)[C@@H](C)NC(=O)[C@H](Cc1ccc(O)cc1)NC(=O)[C@@H](N)CCCN=C(N)N)C(=O)N[C@H](C(=O)NCC(N)=O)C(C)C. The van der Waals surface area contributed by atoms with E-state index >= 15 is 0 Å². The van der Waals surface area contributed by atoms with Gasteiger partial charge in [0.1, 0.15) is 42.0 Å². The number of carbonyl (C=O) groups excluding carboxylic acids is 8. The number of primary amides is 1. The predicted molar refractivity (Wildman–Crippen MR) is 246 cm³/mol. The lowest BCUT2D eigenvalue weighted by Gasteiger charge is -2.29. The van der Waals surface area contributed by atoms with Gasteiger partial charge in [-0.15, -0.1) is 0 Å². The highest BCUT2D eigenvalue weighted by Gasteiger charge is 2.35. The summed E-state index contributed by atoms with van der Waals surface area (Å²) in [5.41, 5.74) is 23.1. The molecule has 23 nitrogen and oxygen atoms in total. The minimum absolute atomic E-state index is 0.0325. The third-order valence-corrected chi connectivity index (χ3v) is 10.2. The molecule has 7 atom stereocenters. The largest absolute Gasteiger partial charge is 0.508 e. The molecule has 368 valence electrons. The second-order valence-electron chi connectivity index (χ2n) is 16.6. The molecule has 23 heteroatoms. The van der Waals surface area contributed by atoms with E-state index in [9.17, 15) is 53.4 Å². The molecule has 2 aromatic carbocycles. The van der Waals surface area contributed by atoms with E-state index in [1.54, 1.807) is 70.2 Å². The third kappa shape index (κ3) is 20.6. The van der Waals surface area contributed by atoms with Gasteiger partial charge in [0.05, 0.1) is 12.6 Å². The smallest absolute Gasteiger partial charge is 0.303 e. The van der Waals surface area contributed by atoms with E-state index in [2.05, 4.69) is 42.2 Å². The second kappa shape index (κ2) is 27.9. The molecular formula is C44H66N12O11. The Labute approximate surface area is 388 Å². The van der Waals surface area contributed by atoms with E-state index in [1.165, 1.54) is 19.1 Å². The van der Waals surface area contributed by atoms with Gasteiger partial charge < -0.3 is 70.4 Å². The lowest BCUT2D eigenvalue weighted by Crippen LogP contribution is -2.61.